The first-order valence-corrected chi connectivity index (χ1v) is 4.07. The standard InChI is InChI=1S/C9H16O3/c1-3-4-5-6-7-12-8-9(10)11-2/h3-4H,5-8H2,1-2H3/b4-3-. The highest BCUT2D eigenvalue weighted by molar-refractivity contribution is 5.70. The van der Waals surface area contributed by atoms with Gasteiger partial charge in [0.1, 0.15) is 6.61 Å². The van der Waals surface area contributed by atoms with E-state index in [1.807, 2.05) is 13.0 Å². The highest BCUT2D eigenvalue weighted by Crippen LogP contribution is 1.91. The molecular weight excluding hydrogens is 156 g/mol. The number of hydrogen-bond donors (Lipinski definition) is 0. The molecule has 0 N–H and O–H groups in total. The normalized spacial score (nSPS) is 10.5. The fourth-order valence-corrected chi connectivity index (χ4v) is 0.684. The van der Waals surface area contributed by atoms with Gasteiger partial charge in [0.2, 0.25) is 0 Å². The SMILES string of the molecule is C/C=C\CCCOCC(=O)OC. The van der Waals surface area contributed by atoms with Crippen LogP contribution in [0.3, 0.4) is 0 Å². The minimum Gasteiger partial charge on any atom is -0.467 e. The summed E-state index contributed by atoms with van der Waals surface area (Å²) in [4.78, 5) is 10.5. The molecule has 0 saturated carbocycles. The van der Waals surface area contributed by atoms with E-state index < -0.39 is 0 Å². The zero-order valence-electron chi connectivity index (χ0n) is 7.71. The quantitative estimate of drug-likeness (QED) is 0.346. The van der Waals surface area contributed by atoms with Crippen LogP contribution in [0.5, 0.6) is 0 Å². The van der Waals surface area contributed by atoms with E-state index >= 15 is 0 Å². The van der Waals surface area contributed by atoms with Gasteiger partial charge in [-0.2, -0.15) is 0 Å². The molecule has 12 heavy (non-hydrogen) atoms. The molecule has 0 aliphatic heterocycles. The number of methoxy groups -OCH3 is 1. The van der Waals surface area contributed by atoms with E-state index in [2.05, 4.69) is 10.8 Å². The van der Waals surface area contributed by atoms with E-state index in [-0.39, 0.29) is 12.6 Å². The third-order valence-electron chi connectivity index (χ3n) is 1.34. The molecule has 0 aromatic heterocycles. The summed E-state index contributed by atoms with van der Waals surface area (Å²) in [5.41, 5.74) is 0. The molecule has 0 spiro atoms. The van der Waals surface area contributed by atoms with Gasteiger partial charge in [0.05, 0.1) is 7.11 Å². The summed E-state index contributed by atoms with van der Waals surface area (Å²) in [6.07, 6.45) is 6.01. The van der Waals surface area contributed by atoms with Crippen molar-refractivity contribution in [3.05, 3.63) is 12.2 Å². The van der Waals surface area contributed by atoms with Crippen molar-refractivity contribution in [1.29, 1.82) is 0 Å². The Bertz CT molecular complexity index is 141. The molecule has 0 aliphatic carbocycles. The van der Waals surface area contributed by atoms with Gasteiger partial charge in [-0.15, -0.1) is 0 Å². The Morgan fingerprint density at radius 2 is 2.25 bits per heavy atom. The Hall–Kier alpha value is -0.830. The summed E-state index contributed by atoms with van der Waals surface area (Å²) in [6, 6.07) is 0. The van der Waals surface area contributed by atoms with Crippen LogP contribution in [-0.4, -0.2) is 26.3 Å². The highest BCUT2D eigenvalue weighted by atomic mass is 16.6. The van der Waals surface area contributed by atoms with E-state index in [4.69, 9.17) is 4.74 Å². The third-order valence-corrected chi connectivity index (χ3v) is 1.34. The van der Waals surface area contributed by atoms with Gasteiger partial charge in [0.25, 0.3) is 0 Å². The Kier molecular flexibility index (Phi) is 7.70. The van der Waals surface area contributed by atoms with Crippen LogP contribution in [0.1, 0.15) is 19.8 Å². The Balaban J connectivity index is 3.05. The van der Waals surface area contributed by atoms with Gasteiger partial charge in [-0.1, -0.05) is 12.2 Å². The number of allylic oxidation sites excluding steroid dienone is 2. The van der Waals surface area contributed by atoms with E-state index in [0.29, 0.717) is 6.61 Å². The Labute approximate surface area is 73.4 Å². The van der Waals surface area contributed by atoms with Crippen molar-refractivity contribution in [1.82, 2.24) is 0 Å². The number of ether oxygens (including phenoxy) is 2. The van der Waals surface area contributed by atoms with E-state index in [9.17, 15) is 4.79 Å². The van der Waals surface area contributed by atoms with Crippen LogP contribution in [-0.2, 0) is 14.3 Å². The number of carbonyl (C=O) groups is 1. The second-order valence-corrected chi connectivity index (χ2v) is 2.34. The molecule has 0 rings (SSSR count). The molecule has 0 amide bonds. The third kappa shape index (κ3) is 7.28. The van der Waals surface area contributed by atoms with Crippen LogP contribution in [0.25, 0.3) is 0 Å². The van der Waals surface area contributed by atoms with Crippen molar-refractivity contribution in [3.8, 4) is 0 Å². The summed E-state index contributed by atoms with van der Waals surface area (Å²) in [5, 5.41) is 0. The summed E-state index contributed by atoms with van der Waals surface area (Å²) in [6.45, 7) is 2.65. The molecule has 3 heteroatoms. The predicted molar refractivity (Wildman–Crippen MR) is 46.9 cm³/mol. The second kappa shape index (κ2) is 8.27. The Morgan fingerprint density at radius 1 is 1.50 bits per heavy atom. The van der Waals surface area contributed by atoms with Gasteiger partial charge in [-0.05, 0) is 19.8 Å². The number of rotatable bonds is 6. The number of hydrogen-bond acceptors (Lipinski definition) is 3. The van der Waals surface area contributed by atoms with Gasteiger partial charge >= 0.3 is 5.97 Å². The van der Waals surface area contributed by atoms with Crippen LogP contribution >= 0.6 is 0 Å². The lowest BCUT2D eigenvalue weighted by Crippen LogP contribution is -2.10. The first-order chi connectivity index (χ1) is 5.81. The van der Waals surface area contributed by atoms with Crippen molar-refractivity contribution in [2.24, 2.45) is 0 Å². The molecule has 0 saturated heterocycles. The van der Waals surface area contributed by atoms with Crippen LogP contribution in [0.2, 0.25) is 0 Å². The molecule has 0 bridgehead atoms. The number of carbonyl (C=O) groups excluding carboxylic acids is 1. The molecule has 0 unspecified atom stereocenters. The number of unbranched alkanes of at least 4 members (excludes halogenated alkanes) is 1. The van der Waals surface area contributed by atoms with Gasteiger partial charge < -0.3 is 9.47 Å². The van der Waals surface area contributed by atoms with Crippen LogP contribution in [0.15, 0.2) is 12.2 Å². The second-order valence-electron chi connectivity index (χ2n) is 2.34. The average molecular weight is 172 g/mol. The van der Waals surface area contributed by atoms with E-state index in [0.717, 1.165) is 12.8 Å². The maximum absolute atomic E-state index is 10.5. The lowest BCUT2D eigenvalue weighted by Gasteiger charge is -2.00. The maximum Gasteiger partial charge on any atom is 0.331 e. The molecular formula is C9H16O3. The highest BCUT2D eigenvalue weighted by Gasteiger charge is 1.97. The average Bonchev–Trinajstić information content (AvgIpc) is 2.10. The minimum atomic E-state index is -0.318. The molecule has 0 aromatic carbocycles. The smallest absolute Gasteiger partial charge is 0.331 e. The first kappa shape index (κ1) is 11.2. The molecule has 0 aromatic rings. The molecule has 0 heterocycles. The molecule has 70 valence electrons. The molecule has 3 nitrogen and oxygen atoms in total. The molecule has 0 atom stereocenters. The van der Waals surface area contributed by atoms with Crippen LogP contribution in [0.4, 0.5) is 0 Å². The van der Waals surface area contributed by atoms with Crippen LogP contribution < -0.4 is 0 Å². The van der Waals surface area contributed by atoms with Crippen molar-refractivity contribution < 1.29 is 14.3 Å². The van der Waals surface area contributed by atoms with Gasteiger partial charge in [0.15, 0.2) is 0 Å². The Morgan fingerprint density at radius 3 is 2.83 bits per heavy atom. The summed E-state index contributed by atoms with van der Waals surface area (Å²) in [5.74, 6) is -0.318. The van der Waals surface area contributed by atoms with Gasteiger partial charge in [-0.3, -0.25) is 0 Å². The zero-order chi connectivity index (χ0) is 9.23. The molecule has 0 radical (unpaired) electrons. The van der Waals surface area contributed by atoms with E-state index in [1.165, 1.54) is 7.11 Å². The lowest BCUT2D eigenvalue weighted by molar-refractivity contribution is -0.145. The van der Waals surface area contributed by atoms with Crippen molar-refractivity contribution >= 4 is 5.97 Å². The monoisotopic (exact) mass is 172 g/mol. The fraction of sp³-hybridized carbons (Fsp3) is 0.667. The molecule has 0 aliphatic rings. The summed E-state index contributed by atoms with van der Waals surface area (Å²) < 4.78 is 9.42. The van der Waals surface area contributed by atoms with Crippen LogP contribution in [0, 0.1) is 0 Å². The molecule has 0 fully saturated rings. The summed E-state index contributed by atoms with van der Waals surface area (Å²) >= 11 is 0. The zero-order valence-corrected chi connectivity index (χ0v) is 7.71. The van der Waals surface area contributed by atoms with Gasteiger partial charge in [0, 0.05) is 6.61 Å². The maximum atomic E-state index is 10.5. The topological polar surface area (TPSA) is 35.5 Å². The van der Waals surface area contributed by atoms with Crippen molar-refractivity contribution in [2.75, 3.05) is 20.3 Å². The van der Waals surface area contributed by atoms with Crippen molar-refractivity contribution in [2.45, 2.75) is 19.8 Å². The summed E-state index contributed by atoms with van der Waals surface area (Å²) in [7, 11) is 1.35. The number of esters is 1. The van der Waals surface area contributed by atoms with E-state index in [1.54, 1.807) is 0 Å². The first-order valence-electron chi connectivity index (χ1n) is 4.07. The lowest BCUT2D eigenvalue weighted by atomic mass is 10.3. The fourth-order valence-electron chi connectivity index (χ4n) is 0.684. The predicted octanol–water partition coefficient (Wildman–Crippen LogP) is 1.53. The van der Waals surface area contributed by atoms with Gasteiger partial charge in [-0.25, -0.2) is 4.79 Å². The largest absolute Gasteiger partial charge is 0.467 e. The minimum absolute atomic E-state index is 0.0618. The van der Waals surface area contributed by atoms with Crippen molar-refractivity contribution in [3.63, 3.8) is 0 Å².